The second-order valence-electron chi connectivity index (χ2n) is 9.66. The minimum absolute atomic E-state index is 1.36. The molecule has 0 rings (SSSR count). The van der Waals surface area contributed by atoms with Crippen LogP contribution in [0.3, 0.4) is 0 Å². The monoisotopic (exact) mass is 590 g/mol. The van der Waals surface area contributed by atoms with Gasteiger partial charge in [0, 0.05) is 0 Å². The summed E-state index contributed by atoms with van der Waals surface area (Å²) in [4.78, 5) is 0. The summed E-state index contributed by atoms with van der Waals surface area (Å²) in [5, 5.41) is -1.63. The molecule has 0 amide bonds. The van der Waals surface area contributed by atoms with Crippen molar-refractivity contribution in [3.8, 4) is 0 Å². The number of halogens is 2. The normalized spacial score (nSPS) is 12.8. The summed E-state index contributed by atoms with van der Waals surface area (Å²) in [5.74, 6) is 0. The van der Waals surface area contributed by atoms with Gasteiger partial charge in [-0.2, -0.15) is 0 Å². The van der Waals surface area contributed by atoms with Gasteiger partial charge in [-0.25, -0.2) is 0 Å². The van der Waals surface area contributed by atoms with Gasteiger partial charge in [0.15, 0.2) is 0 Å². The van der Waals surface area contributed by atoms with Gasteiger partial charge in [-0.05, 0) is 0 Å². The van der Waals surface area contributed by atoms with Gasteiger partial charge in [-0.1, -0.05) is 36.8 Å². The van der Waals surface area contributed by atoms with E-state index in [-0.39, 0.29) is 0 Å². The molecule has 0 saturated heterocycles. The van der Waals surface area contributed by atoms with Crippen molar-refractivity contribution in [3.05, 3.63) is 0 Å². The van der Waals surface area contributed by atoms with Crippen LogP contribution in [0.4, 0.5) is 0 Å². The number of hydrogen-bond acceptors (Lipinski definition) is 0. The van der Waals surface area contributed by atoms with Crippen LogP contribution in [-0.4, -0.2) is 24.6 Å². The molecule has 1 unspecified atom stereocenters. The van der Waals surface area contributed by atoms with E-state index in [1.54, 1.807) is 0 Å². The molecule has 0 aliphatic rings. The molecule has 4 heteroatoms. The zero-order chi connectivity index (χ0) is 23.0. The predicted octanol–water partition coefficient (Wildman–Crippen LogP) is 12.1. The van der Waals surface area contributed by atoms with Gasteiger partial charge in [0.2, 0.25) is 0 Å². The van der Waals surface area contributed by atoms with Crippen molar-refractivity contribution in [1.29, 1.82) is 0 Å². The van der Waals surface area contributed by atoms with Crippen LogP contribution >= 0.6 is 44.2 Å². The van der Waals surface area contributed by atoms with E-state index in [0.29, 0.717) is 0 Å². The second-order valence-corrected chi connectivity index (χ2v) is 21.1. The Morgan fingerprint density at radius 1 is 0.400 bits per heavy atom. The van der Waals surface area contributed by atoms with E-state index in [1.165, 1.54) is 140 Å². The van der Waals surface area contributed by atoms with Gasteiger partial charge < -0.3 is 0 Å². The molecule has 0 aromatic heterocycles. The fraction of sp³-hybridized carbons (Fsp3) is 1.00. The minimum Gasteiger partial charge on any atom is -0.0679 e. The SMILES string of the molecule is CCCCCCCCCCCCCCP(Br)(CCCC)(CCCC)CCCC.PBr. The summed E-state index contributed by atoms with van der Waals surface area (Å²) in [6, 6.07) is 0. The maximum Gasteiger partial charge on any atom is -0.0652 e. The molecule has 0 saturated carbocycles. The van der Waals surface area contributed by atoms with E-state index in [9.17, 15) is 0 Å². The van der Waals surface area contributed by atoms with E-state index >= 15 is 0 Å². The van der Waals surface area contributed by atoms with Gasteiger partial charge >= 0.3 is 175 Å². The van der Waals surface area contributed by atoms with Crippen molar-refractivity contribution < 1.29 is 0 Å². The fourth-order valence-electron chi connectivity index (χ4n) is 4.68. The quantitative estimate of drug-likeness (QED) is 0.0867. The first-order valence-corrected chi connectivity index (χ1v) is 21.7. The van der Waals surface area contributed by atoms with Crippen LogP contribution in [0.1, 0.15) is 143 Å². The maximum atomic E-state index is 4.56. The van der Waals surface area contributed by atoms with Crippen LogP contribution in [0.2, 0.25) is 0 Å². The Morgan fingerprint density at radius 2 is 0.633 bits per heavy atom. The molecular formula is C26H58Br2P2. The third kappa shape index (κ3) is 19.3. The summed E-state index contributed by atoms with van der Waals surface area (Å²) in [7, 11) is 2.23. The first kappa shape index (κ1) is 34.0. The van der Waals surface area contributed by atoms with Crippen LogP contribution in [0.15, 0.2) is 0 Å². The molecule has 0 heterocycles. The molecule has 0 radical (unpaired) electrons. The summed E-state index contributed by atoms with van der Waals surface area (Å²) in [6.45, 7) is 9.42. The Morgan fingerprint density at radius 3 is 0.933 bits per heavy atom. The fourth-order valence-corrected chi connectivity index (χ4v) is 13.4. The molecule has 0 nitrogen and oxygen atoms in total. The van der Waals surface area contributed by atoms with E-state index in [1.807, 2.05) is 0 Å². The summed E-state index contributed by atoms with van der Waals surface area (Å²) < 4.78 is 0. The summed E-state index contributed by atoms with van der Waals surface area (Å²) >= 11 is 7.41. The van der Waals surface area contributed by atoms with E-state index in [4.69, 9.17) is 0 Å². The van der Waals surface area contributed by atoms with Crippen molar-refractivity contribution >= 4 is 44.2 Å². The molecule has 0 fully saturated rings. The second kappa shape index (κ2) is 24.0. The molecule has 30 heavy (non-hydrogen) atoms. The third-order valence-electron chi connectivity index (χ3n) is 6.78. The van der Waals surface area contributed by atoms with Crippen LogP contribution in [0.5, 0.6) is 0 Å². The number of hydrogen-bond donors (Lipinski definition) is 0. The topological polar surface area (TPSA) is 0 Å². The van der Waals surface area contributed by atoms with Crippen LogP contribution in [0, 0.1) is 0 Å². The summed E-state index contributed by atoms with van der Waals surface area (Å²) in [5.41, 5.74) is 0. The van der Waals surface area contributed by atoms with Gasteiger partial charge in [-0.3, -0.25) is 0 Å². The van der Waals surface area contributed by atoms with Crippen LogP contribution in [0.25, 0.3) is 0 Å². The average Bonchev–Trinajstić information content (AvgIpc) is 2.78. The van der Waals surface area contributed by atoms with Crippen molar-refractivity contribution in [1.82, 2.24) is 0 Å². The minimum atomic E-state index is -1.63. The predicted molar refractivity (Wildman–Crippen MR) is 160 cm³/mol. The standard InChI is InChI=1S/C26H56BrP.BrH2P/c1-5-9-13-14-15-16-17-18-19-20-21-22-26-28(27,23-10-6-2,24-11-7-3)25-12-8-4;1-2/h5-26H2,1-4H3;2H2. The number of rotatable bonds is 22. The molecule has 1 atom stereocenters. The Hall–Kier alpha value is 1.82. The molecule has 186 valence electrons. The van der Waals surface area contributed by atoms with Crippen molar-refractivity contribution in [2.75, 3.05) is 24.6 Å². The van der Waals surface area contributed by atoms with Gasteiger partial charge in [0.05, 0.1) is 0 Å². The molecule has 0 aromatic rings. The largest absolute Gasteiger partial charge is 0.0679 e. The summed E-state index contributed by atoms with van der Waals surface area (Å²) in [6.07, 6.45) is 32.0. The number of unbranched alkanes of at least 4 members (excludes halogenated alkanes) is 14. The van der Waals surface area contributed by atoms with E-state index in [0.717, 1.165) is 0 Å². The Bertz CT molecular complexity index is 312. The molecule has 0 aliphatic carbocycles. The zero-order valence-electron chi connectivity index (χ0n) is 21.3. The maximum absolute atomic E-state index is 4.56. The van der Waals surface area contributed by atoms with Crippen LogP contribution < -0.4 is 0 Å². The molecule has 0 spiro atoms. The van der Waals surface area contributed by atoms with Crippen molar-refractivity contribution in [2.24, 2.45) is 0 Å². The van der Waals surface area contributed by atoms with Crippen molar-refractivity contribution in [2.45, 2.75) is 143 Å². The van der Waals surface area contributed by atoms with Gasteiger partial charge in [0.1, 0.15) is 0 Å². The van der Waals surface area contributed by atoms with Crippen LogP contribution in [-0.2, 0) is 0 Å². The van der Waals surface area contributed by atoms with Gasteiger partial charge in [0.25, 0.3) is 0 Å². The molecule has 0 N–H and O–H groups in total. The smallest absolute Gasteiger partial charge is 0.0652 e. The van der Waals surface area contributed by atoms with Gasteiger partial charge in [-0.15, -0.1) is 0 Å². The Labute approximate surface area is 211 Å². The first-order valence-electron chi connectivity index (χ1n) is 13.5. The third-order valence-corrected chi connectivity index (χ3v) is 16.8. The molecular weight excluding hydrogens is 534 g/mol. The molecule has 0 bridgehead atoms. The Kier molecular flexibility index (Phi) is 27.1. The first-order chi connectivity index (χ1) is 14.5. The van der Waals surface area contributed by atoms with Crippen molar-refractivity contribution in [3.63, 3.8) is 0 Å². The Balaban J connectivity index is 0. The zero-order valence-corrected chi connectivity index (χ0v) is 26.6. The molecule has 0 aliphatic heterocycles. The van der Waals surface area contributed by atoms with E-state index in [2.05, 4.69) is 66.6 Å². The van der Waals surface area contributed by atoms with E-state index < -0.39 is 5.31 Å². The molecule has 0 aromatic carbocycles. The average molecular weight is 593 g/mol.